The van der Waals surface area contributed by atoms with E-state index in [2.05, 4.69) is 20.6 Å². The highest BCUT2D eigenvalue weighted by molar-refractivity contribution is 5.97. The molecule has 2 aromatic heterocycles. The Morgan fingerprint density at radius 1 is 1.32 bits per heavy atom. The first-order valence-electron chi connectivity index (χ1n) is 8.63. The van der Waals surface area contributed by atoms with E-state index in [1.807, 2.05) is 13.8 Å². The molecule has 2 aromatic rings. The molecule has 3 heterocycles. The molecule has 0 radical (unpaired) electrons. The van der Waals surface area contributed by atoms with Crippen LogP contribution in [0.1, 0.15) is 48.7 Å². The molecule has 1 aliphatic heterocycles. The molecule has 0 aromatic carbocycles. The van der Waals surface area contributed by atoms with E-state index in [4.69, 9.17) is 0 Å². The summed E-state index contributed by atoms with van der Waals surface area (Å²) in [6.07, 6.45) is 7.35. The first kappa shape index (κ1) is 15.8. The number of nitrogens with zero attached hydrogens (tertiary/aromatic N) is 3. The minimum Gasteiger partial charge on any atom is -0.336 e. The van der Waals surface area contributed by atoms with Gasteiger partial charge < -0.3 is 10.6 Å². The van der Waals surface area contributed by atoms with Crippen LogP contribution >= 0.6 is 0 Å². The average Bonchev–Trinajstić information content (AvgIpc) is 3.21. The van der Waals surface area contributed by atoms with Crippen molar-refractivity contribution in [2.75, 3.05) is 5.32 Å². The molecule has 25 heavy (non-hydrogen) atoms. The Labute approximate surface area is 145 Å². The third-order valence-corrected chi connectivity index (χ3v) is 5.43. The summed E-state index contributed by atoms with van der Waals surface area (Å²) in [5, 5.41) is 6.14. The van der Waals surface area contributed by atoms with Crippen LogP contribution in [0.5, 0.6) is 0 Å². The zero-order valence-electron chi connectivity index (χ0n) is 14.4. The molecule has 0 bridgehead atoms. The third-order valence-electron chi connectivity index (χ3n) is 5.43. The van der Waals surface area contributed by atoms with E-state index in [9.17, 15) is 9.59 Å². The van der Waals surface area contributed by atoms with Crippen molar-refractivity contribution in [3.8, 4) is 0 Å². The van der Waals surface area contributed by atoms with Crippen LogP contribution in [0.25, 0.3) is 0 Å². The van der Waals surface area contributed by atoms with Gasteiger partial charge in [-0.2, -0.15) is 0 Å². The molecule has 1 amide bonds. The second-order valence-electron chi connectivity index (χ2n) is 7.03. The van der Waals surface area contributed by atoms with Crippen molar-refractivity contribution in [1.82, 2.24) is 19.9 Å². The predicted molar refractivity (Wildman–Crippen MR) is 93.8 cm³/mol. The number of hydrogen-bond acceptors (Lipinski definition) is 5. The normalized spacial score (nSPS) is 22.7. The molecular formula is C18H21N5O2. The molecule has 2 aliphatic rings. The number of anilines is 2. The SMILES string of the molecule is Cc1cc(Nc2ccncn2)c(=O)n2c1C(=O)NC2(C)C1CCCC1. The van der Waals surface area contributed by atoms with Crippen LogP contribution in [0.3, 0.4) is 0 Å². The maximum Gasteiger partial charge on any atom is 0.276 e. The standard InChI is InChI=1S/C18H21N5O2/c1-11-9-13(21-14-7-8-19-10-20-14)17(25)23-15(11)16(24)22-18(23,2)12-5-3-4-6-12/h7-10,12H,3-6H2,1-2H3,(H,22,24)(H,19,20,21). The lowest BCUT2D eigenvalue weighted by molar-refractivity contribution is 0.0874. The average molecular weight is 339 g/mol. The number of hydrogen-bond donors (Lipinski definition) is 2. The molecule has 1 atom stereocenters. The highest BCUT2D eigenvalue weighted by atomic mass is 16.2. The Bertz CT molecular complexity index is 886. The van der Waals surface area contributed by atoms with Gasteiger partial charge >= 0.3 is 0 Å². The number of amides is 1. The molecule has 1 unspecified atom stereocenters. The van der Waals surface area contributed by atoms with E-state index in [0.717, 1.165) is 31.2 Å². The van der Waals surface area contributed by atoms with Crippen molar-refractivity contribution in [3.05, 3.63) is 46.3 Å². The van der Waals surface area contributed by atoms with Crippen molar-refractivity contribution in [2.45, 2.75) is 45.2 Å². The maximum atomic E-state index is 13.2. The first-order chi connectivity index (χ1) is 12.0. The Kier molecular flexibility index (Phi) is 3.59. The van der Waals surface area contributed by atoms with Crippen molar-refractivity contribution < 1.29 is 4.79 Å². The summed E-state index contributed by atoms with van der Waals surface area (Å²) in [5.74, 6) is 0.647. The number of carbonyl (C=O) groups is 1. The molecule has 1 saturated carbocycles. The Morgan fingerprint density at radius 2 is 2.08 bits per heavy atom. The zero-order chi connectivity index (χ0) is 17.6. The quantitative estimate of drug-likeness (QED) is 0.896. The smallest absolute Gasteiger partial charge is 0.276 e. The highest BCUT2D eigenvalue weighted by Crippen LogP contribution is 2.40. The number of aromatic nitrogens is 3. The van der Waals surface area contributed by atoms with Gasteiger partial charge in [0, 0.05) is 12.1 Å². The number of rotatable bonds is 3. The van der Waals surface area contributed by atoms with Crippen LogP contribution in [-0.4, -0.2) is 20.4 Å². The van der Waals surface area contributed by atoms with Crippen molar-refractivity contribution in [2.24, 2.45) is 5.92 Å². The molecule has 7 nitrogen and oxygen atoms in total. The molecule has 7 heteroatoms. The molecule has 4 rings (SSSR count). The van der Waals surface area contributed by atoms with Crippen LogP contribution < -0.4 is 16.2 Å². The van der Waals surface area contributed by atoms with E-state index >= 15 is 0 Å². The molecule has 2 N–H and O–H groups in total. The van der Waals surface area contributed by atoms with Crippen LogP contribution in [0.2, 0.25) is 0 Å². The van der Waals surface area contributed by atoms with E-state index in [0.29, 0.717) is 17.2 Å². The summed E-state index contributed by atoms with van der Waals surface area (Å²) in [6.45, 7) is 3.82. The van der Waals surface area contributed by atoms with Gasteiger partial charge in [0.15, 0.2) is 0 Å². The minimum atomic E-state index is -0.672. The topological polar surface area (TPSA) is 88.9 Å². The predicted octanol–water partition coefficient (Wildman–Crippen LogP) is 2.30. The first-order valence-corrected chi connectivity index (χ1v) is 8.63. The molecule has 130 valence electrons. The van der Waals surface area contributed by atoms with Gasteiger partial charge in [-0.05, 0) is 44.4 Å². The van der Waals surface area contributed by atoms with E-state index in [-0.39, 0.29) is 17.4 Å². The van der Waals surface area contributed by atoms with Gasteiger partial charge in [-0.3, -0.25) is 14.2 Å². The third kappa shape index (κ3) is 2.42. The van der Waals surface area contributed by atoms with Gasteiger partial charge in [-0.25, -0.2) is 9.97 Å². The highest BCUT2D eigenvalue weighted by Gasteiger charge is 2.47. The zero-order valence-corrected chi connectivity index (χ0v) is 14.4. The van der Waals surface area contributed by atoms with E-state index < -0.39 is 5.66 Å². The summed E-state index contributed by atoms with van der Waals surface area (Å²) in [5.41, 5.74) is 0.782. The Morgan fingerprint density at radius 3 is 2.76 bits per heavy atom. The molecule has 0 spiro atoms. The van der Waals surface area contributed by atoms with E-state index in [1.165, 1.54) is 6.33 Å². The van der Waals surface area contributed by atoms with Gasteiger partial charge in [-0.1, -0.05) is 12.8 Å². The van der Waals surface area contributed by atoms with Crippen LogP contribution in [0, 0.1) is 12.8 Å². The van der Waals surface area contributed by atoms with Crippen molar-refractivity contribution in [3.63, 3.8) is 0 Å². The molecule has 1 aliphatic carbocycles. The summed E-state index contributed by atoms with van der Waals surface area (Å²) in [6, 6.07) is 3.42. The summed E-state index contributed by atoms with van der Waals surface area (Å²) < 4.78 is 1.66. The van der Waals surface area contributed by atoms with Crippen LogP contribution in [-0.2, 0) is 5.66 Å². The fourth-order valence-corrected chi connectivity index (χ4v) is 4.18. The summed E-state index contributed by atoms with van der Waals surface area (Å²) in [7, 11) is 0. The largest absolute Gasteiger partial charge is 0.336 e. The van der Waals surface area contributed by atoms with Crippen LogP contribution in [0.4, 0.5) is 11.5 Å². The number of carbonyl (C=O) groups excluding carboxylic acids is 1. The minimum absolute atomic E-state index is 0.169. The summed E-state index contributed by atoms with van der Waals surface area (Å²) in [4.78, 5) is 33.8. The lowest BCUT2D eigenvalue weighted by atomic mass is 9.92. The van der Waals surface area contributed by atoms with Gasteiger partial charge in [-0.15, -0.1) is 0 Å². The van der Waals surface area contributed by atoms with Crippen LogP contribution in [0.15, 0.2) is 29.5 Å². The van der Waals surface area contributed by atoms with Gasteiger partial charge in [0.25, 0.3) is 11.5 Å². The lowest BCUT2D eigenvalue weighted by Gasteiger charge is -2.33. The van der Waals surface area contributed by atoms with Gasteiger partial charge in [0.05, 0.1) is 0 Å². The molecule has 0 saturated heterocycles. The van der Waals surface area contributed by atoms with E-state index in [1.54, 1.807) is 22.9 Å². The number of fused-ring (bicyclic) bond motifs is 1. The molecule has 1 fully saturated rings. The van der Waals surface area contributed by atoms with Crippen molar-refractivity contribution >= 4 is 17.4 Å². The van der Waals surface area contributed by atoms with Crippen molar-refractivity contribution in [1.29, 1.82) is 0 Å². The van der Waals surface area contributed by atoms with Gasteiger partial charge in [0.1, 0.15) is 29.2 Å². The number of pyridine rings is 1. The second-order valence-corrected chi connectivity index (χ2v) is 7.03. The number of aryl methyl sites for hydroxylation is 1. The monoisotopic (exact) mass is 339 g/mol. The van der Waals surface area contributed by atoms with Gasteiger partial charge in [0.2, 0.25) is 0 Å². The molecular weight excluding hydrogens is 318 g/mol. The lowest BCUT2D eigenvalue weighted by Crippen LogP contribution is -2.50. The fraction of sp³-hybridized carbons (Fsp3) is 0.444. The second kappa shape index (κ2) is 5.68. The Hall–Kier alpha value is -2.70. The maximum absolute atomic E-state index is 13.2. The summed E-state index contributed by atoms with van der Waals surface area (Å²) >= 11 is 0. The fourth-order valence-electron chi connectivity index (χ4n) is 4.18. The Balaban J connectivity index is 1.85. The number of nitrogens with one attached hydrogen (secondary N) is 2.